The summed E-state index contributed by atoms with van der Waals surface area (Å²) in [7, 11) is 1.25. The summed E-state index contributed by atoms with van der Waals surface area (Å²) in [5, 5.41) is 0. The quantitative estimate of drug-likeness (QED) is 0.655. The van der Waals surface area contributed by atoms with E-state index in [4.69, 9.17) is 4.52 Å². The predicted octanol–water partition coefficient (Wildman–Crippen LogP) is 1.87. The molecule has 0 amide bonds. The molecule has 0 heterocycles. The molecule has 15 heavy (non-hydrogen) atoms. The summed E-state index contributed by atoms with van der Waals surface area (Å²) in [6.45, 7) is 2.84. The number of phosphoric acid groups is 1. The molecule has 1 N–H and O–H groups in total. The SMILES string of the molecule is CCCC(CCN(C)C)OP(=O)(O)OC. The molecular weight excluding hydrogens is 217 g/mol. The zero-order valence-corrected chi connectivity index (χ0v) is 10.9. The van der Waals surface area contributed by atoms with Gasteiger partial charge in [-0.15, -0.1) is 0 Å². The van der Waals surface area contributed by atoms with Gasteiger partial charge in [0.25, 0.3) is 0 Å². The fourth-order valence-corrected chi connectivity index (χ4v) is 1.88. The Kier molecular flexibility index (Phi) is 7.40. The first-order valence-electron chi connectivity index (χ1n) is 5.13. The van der Waals surface area contributed by atoms with Gasteiger partial charge in [-0.1, -0.05) is 13.3 Å². The van der Waals surface area contributed by atoms with Gasteiger partial charge < -0.3 is 9.79 Å². The molecule has 0 spiro atoms. The lowest BCUT2D eigenvalue weighted by Gasteiger charge is -2.20. The minimum Gasteiger partial charge on any atom is -0.309 e. The van der Waals surface area contributed by atoms with Crippen molar-refractivity contribution in [2.75, 3.05) is 27.7 Å². The first-order chi connectivity index (χ1) is 6.91. The molecule has 0 aliphatic heterocycles. The second-order valence-corrected chi connectivity index (χ2v) is 5.27. The van der Waals surface area contributed by atoms with Gasteiger partial charge in [-0.3, -0.25) is 9.05 Å². The number of hydrogen-bond acceptors (Lipinski definition) is 4. The topological polar surface area (TPSA) is 59.0 Å². The van der Waals surface area contributed by atoms with Crippen molar-refractivity contribution in [3.05, 3.63) is 0 Å². The highest BCUT2D eigenvalue weighted by molar-refractivity contribution is 7.47. The average Bonchev–Trinajstić information content (AvgIpc) is 2.14. The third-order valence-electron chi connectivity index (χ3n) is 2.02. The van der Waals surface area contributed by atoms with Gasteiger partial charge in [0, 0.05) is 13.7 Å². The molecule has 0 aromatic carbocycles. The first-order valence-corrected chi connectivity index (χ1v) is 6.62. The molecule has 0 aliphatic rings. The van der Waals surface area contributed by atoms with E-state index in [0.717, 1.165) is 25.8 Å². The molecule has 0 rings (SSSR count). The third-order valence-corrected chi connectivity index (χ3v) is 3.05. The molecule has 5 nitrogen and oxygen atoms in total. The van der Waals surface area contributed by atoms with Gasteiger partial charge in [-0.05, 0) is 26.9 Å². The highest BCUT2D eigenvalue weighted by atomic mass is 31.2. The number of nitrogens with zero attached hydrogens (tertiary/aromatic N) is 1. The molecule has 2 atom stereocenters. The van der Waals surface area contributed by atoms with Gasteiger partial charge >= 0.3 is 7.82 Å². The van der Waals surface area contributed by atoms with Crippen LogP contribution in [0.5, 0.6) is 0 Å². The Morgan fingerprint density at radius 2 is 2.00 bits per heavy atom. The lowest BCUT2D eigenvalue weighted by atomic mass is 10.1. The van der Waals surface area contributed by atoms with E-state index >= 15 is 0 Å². The molecule has 0 aromatic heterocycles. The zero-order chi connectivity index (χ0) is 11.9. The van der Waals surface area contributed by atoms with Gasteiger partial charge in [0.1, 0.15) is 0 Å². The molecule has 0 radical (unpaired) electrons. The monoisotopic (exact) mass is 239 g/mol. The van der Waals surface area contributed by atoms with Crippen molar-refractivity contribution in [2.45, 2.75) is 32.3 Å². The van der Waals surface area contributed by atoms with E-state index in [9.17, 15) is 9.46 Å². The molecule has 0 aromatic rings. The van der Waals surface area contributed by atoms with E-state index in [1.54, 1.807) is 0 Å². The van der Waals surface area contributed by atoms with Crippen molar-refractivity contribution < 1.29 is 18.5 Å². The summed E-state index contributed by atoms with van der Waals surface area (Å²) in [5.74, 6) is 0. The van der Waals surface area contributed by atoms with Crippen LogP contribution in [0, 0.1) is 0 Å². The van der Waals surface area contributed by atoms with Crippen LogP contribution in [-0.2, 0) is 13.6 Å². The molecule has 0 bridgehead atoms. The Hall–Kier alpha value is 0.0700. The largest absolute Gasteiger partial charge is 0.472 e. The van der Waals surface area contributed by atoms with E-state index in [1.165, 1.54) is 7.11 Å². The van der Waals surface area contributed by atoms with E-state index in [-0.39, 0.29) is 6.10 Å². The Balaban J connectivity index is 4.09. The van der Waals surface area contributed by atoms with Gasteiger partial charge in [0.05, 0.1) is 6.10 Å². The summed E-state index contributed by atoms with van der Waals surface area (Å²) < 4.78 is 20.6. The Morgan fingerprint density at radius 1 is 1.40 bits per heavy atom. The fraction of sp³-hybridized carbons (Fsp3) is 1.00. The molecule has 2 unspecified atom stereocenters. The van der Waals surface area contributed by atoms with Crippen LogP contribution in [0.2, 0.25) is 0 Å². The Morgan fingerprint density at radius 3 is 2.40 bits per heavy atom. The number of hydrogen-bond donors (Lipinski definition) is 1. The van der Waals surface area contributed by atoms with E-state index in [2.05, 4.69) is 4.52 Å². The summed E-state index contributed by atoms with van der Waals surface area (Å²) >= 11 is 0. The minimum absolute atomic E-state index is 0.215. The fourth-order valence-electron chi connectivity index (χ4n) is 1.21. The molecule has 92 valence electrons. The molecule has 0 aliphatic carbocycles. The maximum atomic E-state index is 11.2. The highest BCUT2D eigenvalue weighted by Crippen LogP contribution is 2.44. The van der Waals surface area contributed by atoms with Crippen molar-refractivity contribution in [1.29, 1.82) is 0 Å². The van der Waals surface area contributed by atoms with Crippen molar-refractivity contribution in [3.8, 4) is 0 Å². The second-order valence-electron chi connectivity index (χ2n) is 3.76. The van der Waals surface area contributed by atoms with Crippen molar-refractivity contribution >= 4 is 7.82 Å². The average molecular weight is 239 g/mol. The Bertz CT molecular complexity index is 210. The van der Waals surface area contributed by atoms with Crippen molar-refractivity contribution in [3.63, 3.8) is 0 Å². The zero-order valence-electron chi connectivity index (χ0n) is 9.97. The van der Waals surface area contributed by atoms with Crippen LogP contribution < -0.4 is 0 Å². The lowest BCUT2D eigenvalue weighted by Crippen LogP contribution is -2.21. The van der Waals surface area contributed by atoms with E-state index < -0.39 is 7.82 Å². The normalized spacial score (nSPS) is 17.7. The second kappa shape index (κ2) is 7.36. The minimum atomic E-state index is -3.84. The molecule has 0 fully saturated rings. The van der Waals surface area contributed by atoms with Crippen LogP contribution in [0.4, 0.5) is 0 Å². The highest BCUT2D eigenvalue weighted by Gasteiger charge is 2.24. The third kappa shape index (κ3) is 7.94. The molecule has 6 heteroatoms. The van der Waals surface area contributed by atoms with Crippen molar-refractivity contribution in [1.82, 2.24) is 4.90 Å². The summed E-state index contributed by atoms with van der Waals surface area (Å²) in [5.41, 5.74) is 0. The maximum Gasteiger partial charge on any atom is 0.472 e. The number of phosphoric ester groups is 1. The van der Waals surface area contributed by atoms with Gasteiger partial charge in [0.15, 0.2) is 0 Å². The van der Waals surface area contributed by atoms with E-state index in [1.807, 2.05) is 25.9 Å². The maximum absolute atomic E-state index is 11.2. The summed E-state index contributed by atoms with van der Waals surface area (Å²) in [6, 6.07) is 0. The van der Waals surface area contributed by atoms with Crippen LogP contribution in [-0.4, -0.2) is 43.6 Å². The predicted molar refractivity (Wildman–Crippen MR) is 59.8 cm³/mol. The van der Waals surface area contributed by atoms with Crippen LogP contribution in [0.25, 0.3) is 0 Å². The lowest BCUT2D eigenvalue weighted by molar-refractivity contribution is 0.101. The summed E-state index contributed by atoms with van der Waals surface area (Å²) in [6.07, 6.45) is 2.20. The van der Waals surface area contributed by atoms with Crippen LogP contribution in [0.3, 0.4) is 0 Å². The molecule has 0 saturated heterocycles. The standard InChI is InChI=1S/C9H22NO4P/c1-5-6-9(7-8-10(2)3)14-15(11,12)13-4/h9H,5-8H2,1-4H3,(H,11,12). The van der Waals surface area contributed by atoms with Crippen LogP contribution >= 0.6 is 7.82 Å². The van der Waals surface area contributed by atoms with Gasteiger partial charge in [-0.25, -0.2) is 4.57 Å². The number of rotatable bonds is 8. The van der Waals surface area contributed by atoms with Crippen LogP contribution in [0.15, 0.2) is 0 Å². The van der Waals surface area contributed by atoms with E-state index in [0.29, 0.717) is 0 Å². The molecular formula is C9H22NO4P. The van der Waals surface area contributed by atoms with Crippen molar-refractivity contribution in [2.24, 2.45) is 0 Å². The summed E-state index contributed by atoms with van der Waals surface area (Å²) in [4.78, 5) is 11.2. The first kappa shape index (κ1) is 15.1. The van der Waals surface area contributed by atoms with Crippen LogP contribution in [0.1, 0.15) is 26.2 Å². The Labute approximate surface area is 92.0 Å². The van der Waals surface area contributed by atoms with Gasteiger partial charge in [-0.2, -0.15) is 0 Å². The smallest absolute Gasteiger partial charge is 0.309 e. The van der Waals surface area contributed by atoms with Gasteiger partial charge in [0.2, 0.25) is 0 Å². The molecule has 0 saturated carbocycles.